The van der Waals surface area contributed by atoms with E-state index in [0.717, 1.165) is 11.1 Å². The second-order valence-electron chi connectivity index (χ2n) is 5.31. The summed E-state index contributed by atoms with van der Waals surface area (Å²) >= 11 is 0. The van der Waals surface area contributed by atoms with Gasteiger partial charge in [-0.1, -0.05) is 42.5 Å². The van der Waals surface area contributed by atoms with E-state index in [1.54, 1.807) is 18.2 Å². The van der Waals surface area contributed by atoms with Gasteiger partial charge >= 0.3 is 0 Å². The van der Waals surface area contributed by atoms with Crippen molar-refractivity contribution < 1.29 is 9.18 Å². The number of halogens is 1. The first-order chi connectivity index (χ1) is 11.6. The molecule has 2 aromatic carbocycles. The molecule has 1 heterocycles. The molecule has 3 aromatic rings. The first-order valence-corrected chi connectivity index (χ1v) is 7.44. The Balaban J connectivity index is 1.78. The Morgan fingerprint density at radius 3 is 2.46 bits per heavy atom. The van der Waals surface area contributed by atoms with Gasteiger partial charge in [0, 0.05) is 18.3 Å². The van der Waals surface area contributed by atoms with E-state index in [1.807, 2.05) is 30.3 Å². The molecule has 0 aliphatic heterocycles. The van der Waals surface area contributed by atoms with Crippen LogP contribution in [-0.2, 0) is 6.54 Å². The molecular weight excluding hydrogens is 307 g/mol. The van der Waals surface area contributed by atoms with Crippen LogP contribution in [0.25, 0.3) is 11.1 Å². The largest absolute Gasteiger partial charge is 0.348 e. The average molecular weight is 322 g/mol. The third-order valence-electron chi connectivity index (χ3n) is 3.62. The summed E-state index contributed by atoms with van der Waals surface area (Å²) < 4.78 is 12.9. The van der Waals surface area contributed by atoms with Crippen LogP contribution in [0.4, 0.5) is 4.39 Å². The van der Waals surface area contributed by atoms with E-state index in [0.29, 0.717) is 11.1 Å². The molecule has 0 radical (unpaired) electrons. The van der Waals surface area contributed by atoms with Gasteiger partial charge in [-0.15, -0.1) is 0 Å². The highest BCUT2D eigenvalue weighted by atomic mass is 19.1. The van der Waals surface area contributed by atoms with E-state index in [1.165, 1.54) is 18.3 Å². The van der Waals surface area contributed by atoms with Crippen molar-refractivity contribution in [2.45, 2.75) is 6.54 Å². The molecule has 3 rings (SSSR count). The smallest absolute Gasteiger partial charge is 0.255 e. The number of carbonyl (C=O) groups is 1. The number of rotatable bonds is 4. The molecule has 120 valence electrons. The van der Waals surface area contributed by atoms with Crippen LogP contribution in [-0.4, -0.2) is 10.9 Å². The van der Waals surface area contributed by atoms with E-state index in [-0.39, 0.29) is 23.8 Å². The lowest BCUT2D eigenvalue weighted by Crippen LogP contribution is -2.24. The second kappa shape index (κ2) is 6.91. The Labute approximate surface area is 138 Å². The fraction of sp³-hybridized carbons (Fsp3) is 0.0526. The first-order valence-electron chi connectivity index (χ1n) is 7.44. The Morgan fingerprint density at radius 2 is 1.75 bits per heavy atom. The summed E-state index contributed by atoms with van der Waals surface area (Å²) in [5.74, 6) is -0.633. The van der Waals surface area contributed by atoms with Gasteiger partial charge in [0.05, 0.1) is 5.56 Å². The Hall–Kier alpha value is -3.21. The third-order valence-corrected chi connectivity index (χ3v) is 3.62. The molecule has 0 aliphatic rings. The molecule has 0 bridgehead atoms. The molecule has 0 atom stereocenters. The highest BCUT2D eigenvalue weighted by molar-refractivity contribution is 5.95. The molecule has 4 nitrogen and oxygen atoms in total. The van der Waals surface area contributed by atoms with Gasteiger partial charge in [0.1, 0.15) is 5.82 Å². The molecule has 0 saturated heterocycles. The van der Waals surface area contributed by atoms with Crippen LogP contribution in [0, 0.1) is 5.82 Å². The van der Waals surface area contributed by atoms with Crippen LogP contribution < -0.4 is 10.9 Å². The average Bonchev–Trinajstić information content (AvgIpc) is 2.62. The topological polar surface area (TPSA) is 62.0 Å². The number of hydrogen-bond acceptors (Lipinski definition) is 2. The van der Waals surface area contributed by atoms with E-state index >= 15 is 0 Å². The molecule has 0 unspecified atom stereocenters. The summed E-state index contributed by atoms with van der Waals surface area (Å²) in [5.41, 5.74) is 2.07. The Bertz CT molecular complexity index is 903. The first kappa shape index (κ1) is 15.7. The molecular formula is C19H15FN2O2. The SMILES string of the molecule is O=C(NCc1ccc(F)cc1)c1c[nH]c(=O)c(-c2ccccc2)c1. The number of hydrogen-bond donors (Lipinski definition) is 2. The monoisotopic (exact) mass is 322 g/mol. The number of benzene rings is 2. The minimum atomic E-state index is -0.321. The minimum Gasteiger partial charge on any atom is -0.348 e. The standard InChI is InChI=1S/C19H15FN2O2/c20-16-8-6-13(7-9-16)11-21-18(23)15-10-17(19(24)22-12-15)14-4-2-1-3-5-14/h1-10,12H,11H2,(H,21,23)(H,22,24). The van der Waals surface area contributed by atoms with Gasteiger partial charge in [-0.3, -0.25) is 9.59 Å². The molecule has 0 aliphatic carbocycles. The van der Waals surface area contributed by atoms with Crippen molar-refractivity contribution in [3.63, 3.8) is 0 Å². The molecule has 2 N–H and O–H groups in total. The van der Waals surface area contributed by atoms with Crippen molar-refractivity contribution in [1.29, 1.82) is 0 Å². The molecule has 5 heteroatoms. The van der Waals surface area contributed by atoms with Crippen LogP contribution in [0.5, 0.6) is 0 Å². The molecule has 1 aromatic heterocycles. The summed E-state index contributed by atoms with van der Waals surface area (Å²) in [6.45, 7) is 0.277. The number of amides is 1. The van der Waals surface area contributed by atoms with Crippen molar-refractivity contribution in [1.82, 2.24) is 10.3 Å². The van der Waals surface area contributed by atoms with Gasteiger partial charge in [0.15, 0.2) is 0 Å². The number of aromatic amines is 1. The molecule has 0 saturated carbocycles. The van der Waals surface area contributed by atoms with Gasteiger partial charge in [0.2, 0.25) is 0 Å². The zero-order valence-electron chi connectivity index (χ0n) is 12.8. The van der Waals surface area contributed by atoms with Crippen molar-refractivity contribution >= 4 is 5.91 Å². The Morgan fingerprint density at radius 1 is 1.04 bits per heavy atom. The normalized spacial score (nSPS) is 10.4. The van der Waals surface area contributed by atoms with Crippen LogP contribution in [0.3, 0.4) is 0 Å². The predicted octanol–water partition coefficient (Wildman–Crippen LogP) is 3.11. The highest BCUT2D eigenvalue weighted by Crippen LogP contribution is 2.15. The van der Waals surface area contributed by atoms with Crippen LogP contribution in [0.15, 0.2) is 71.7 Å². The molecule has 24 heavy (non-hydrogen) atoms. The predicted molar refractivity (Wildman–Crippen MR) is 90.1 cm³/mol. The van der Waals surface area contributed by atoms with Crippen LogP contribution in [0.2, 0.25) is 0 Å². The summed E-state index contributed by atoms with van der Waals surface area (Å²) in [4.78, 5) is 26.8. The lowest BCUT2D eigenvalue weighted by molar-refractivity contribution is 0.0950. The van der Waals surface area contributed by atoms with E-state index in [4.69, 9.17) is 0 Å². The number of aromatic nitrogens is 1. The van der Waals surface area contributed by atoms with Gasteiger partial charge in [-0.2, -0.15) is 0 Å². The summed E-state index contributed by atoms with van der Waals surface area (Å²) in [6.07, 6.45) is 1.38. The number of H-pyrrole nitrogens is 1. The fourth-order valence-electron chi connectivity index (χ4n) is 2.33. The summed E-state index contributed by atoms with van der Waals surface area (Å²) in [7, 11) is 0. The van der Waals surface area contributed by atoms with Crippen molar-refractivity contribution in [3.8, 4) is 11.1 Å². The molecule has 0 spiro atoms. The van der Waals surface area contributed by atoms with Crippen molar-refractivity contribution in [2.75, 3.05) is 0 Å². The lowest BCUT2D eigenvalue weighted by Gasteiger charge is -2.07. The summed E-state index contributed by atoms with van der Waals surface area (Å²) in [5, 5.41) is 2.75. The second-order valence-corrected chi connectivity index (χ2v) is 5.31. The van der Waals surface area contributed by atoms with Gasteiger partial charge in [0.25, 0.3) is 11.5 Å². The van der Waals surface area contributed by atoms with E-state index in [2.05, 4.69) is 10.3 Å². The van der Waals surface area contributed by atoms with Crippen LogP contribution in [0.1, 0.15) is 15.9 Å². The van der Waals surface area contributed by atoms with Crippen molar-refractivity contribution in [3.05, 3.63) is 94.2 Å². The maximum atomic E-state index is 12.9. The Kier molecular flexibility index (Phi) is 4.52. The van der Waals surface area contributed by atoms with Gasteiger partial charge < -0.3 is 10.3 Å². The van der Waals surface area contributed by atoms with Crippen LogP contribution >= 0.6 is 0 Å². The van der Waals surface area contributed by atoms with E-state index < -0.39 is 0 Å². The quantitative estimate of drug-likeness (QED) is 0.775. The highest BCUT2D eigenvalue weighted by Gasteiger charge is 2.10. The molecule has 1 amide bonds. The number of carbonyl (C=O) groups excluding carboxylic acids is 1. The summed E-state index contributed by atoms with van der Waals surface area (Å²) in [6, 6.07) is 16.6. The van der Waals surface area contributed by atoms with E-state index in [9.17, 15) is 14.0 Å². The third kappa shape index (κ3) is 3.57. The van der Waals surface area contributed by atoms with Gasteiger partial charge in [-0.25, -0.2) is 4.39 Å². The van der Waals surface area contributed by atoms with Gasteiger partial charge in [-0.05, 0) is 29.3 Å². The fourth-order valence-corrected chi connectivity index (χ4v) is 2.33. The molecule has 0 fully saturated rings. The zero-order chi connectivity index (χ0) is 16.9. The minimum absolute atomic E-state index is 0.253. The van der Waals surface area contributed by atoms with Crippen molar-refractivity contribution in [2.24, 2.45) is 0 Å². The zero-order valence-corrected chi connectivity index (χ0v) is 12.8. The maximum Gasteiger partial charge on any atom is 0.255 e. The number of nitrogens with one attached hydrogen (secondary N) is 2. The number of pyridine rings is 1. The lowest BCUT2D eigenvalue weighted by atomic mass is 10.1. The maximum absolute atomic E-state index is 12.9.